The molecule has 2 aliphatic heterocycles. The average molecular weight is 532 g/mol. The fraction of sp³-hybridized carbons (Fsp3) is 0.724. The highest BCUT2D eigenvalue weighted by Crippen LogP contribution is 2.33. The fourth-order valence-electron chi connectivity index (χ4n) is 5.49. The molecule has 1 unspecified atom stereocenters. The van der Waals surface area contributed by atoms with Crippen molar-refractivity contribution >= 4 is 11.8 Å². The molecule has 3 fully saturated rings. The number of hydrogen-bond donors (Lipinski definition) is 1. The molecule has 3 atom stereocenters. The van der Waals surface area contributed by atoms with Crippen LogP contribution in [0.2, 0.25) is 0 Å². The minimum absolute atomic E-state index is 0.00172. The van der Waals surface area contributed by atoms with Gasteiger partial charge in [0, 0.05) is 70.6 Å². The Balaban J connectivity index is 1.43. The molecule has 0 bridgehead atoms. The smallest absolute Gasteiger partial charge is 0.254 e. The molecule has 3 aliphatic rings. The summed E-state index contributed by atoms with van der Waals surface area (Å²) < 4.78 is 22.0. The molecule has 1 N–H and O–H groups in total. The number of benzene rings is 1. The van der Waals surface area contributed by atoms with Crippen LogP contribution in [0.3, 0.4) is 0 Å². The number of hydrogen-bond acceptors (Lipinski definition) is 7. The van der Waals surface area contributed by atoms with Gasteiger partial charge < -0.3 is 34.1 Å². The van der Waals surface area contributed by atoms with E-state index in [4.69, 9.17) is 18.9 Å². The highest BCUT2D eigenvalue weighted by atomic mass is 16.5. The molecule has 1 aliphatic carbocycles. The van der Waals surface area contributed by atoms with Crippen LogP contribution in [0.15, 0.2) is 18.2 Å². The quantitative estimate of drug-likeness (QED) is 0.369. The Labute approximate surface area is 227 Å². The van der Waals surface area contributed by atoms with Gasteiger partial charge >= 0.3 is 0 Å². The summed E-state index contributed by atoms with van der Waals surface area (Å²) in [5.41, 5.74) is 0.583. The van der Waals surface area contributed by atoms with Gasteiger partial charge in [-0.1, -0.05) is 0 Å². The number of rotatable bonds is 14. The molecule has 1 saturated carbocycles. The predicted molar refractivity (Wildman–Crippen MR) is 145 cm³/mol. The second-order valence-corrected chi connectivity index (χ2v) is 11.1. The first kappa shape index (κ1) is 28.6. The van der Waals surface area contributed by atoms with Crippen molar-refractivity contribution in [3.8, 4) is 11.5 Å². The molecule has 4 rings (SSSR count). The molecule has 2 saturated heterocycles. The minimum atomic E-state index is -0.0201. The van der Waals surface area contributed by atoms with Gasteiger partial charge in [-0.05, 0) is 63.1 Å². The largest absolute Gasteiger partial charge is 0.493 e. The Morgan fingerprint density at radius 2 is 1.82 bits per heavy atom. The Kier molecular flexibility index (Phi) is 10.3. The number of amides is 2. The normalized spacial score (nSPS) is 23.0. The van der Waals surface area contributed by atoms with Crippen molar-refractivity contribution in [3.05, 3.63) is 23.8 Å². The zero-order valence-corrected chi connectivity index (χ0v) is 23.4. The van der Waals surface area contributed by atoms with Crippen LogP contribution in [0.4, 0.5) is 0 Å². The van der Waals surface area contributed by atoms with Crippen molar-refractivity contribution in [1.29, 1.82) is 0 Å². The van der Waals surface area contributed by atoms with Gasteiger partial charge in [-0.3, -0.25) is 9.59 Å². The van der Waals surface area contributed by atoms with Gasteiger partial charge in [0.25, 0.3) is 5.91 Å². The molecule has 1 aromatic rings. The van der Waals surface area contributed by atoms with E-state index in [2.05, 4.69) is 24.1 Å². The molecule has 212 valence electrons. The molecule has 2 heterocycles. The molecule has 1 aromatic carbocycles. The summed E-state index contributed by atoms with van der Waals surface area (Å²) in [5.74, 6) is 1.99. The number of nitrogens with one attached hydrogen (secondary N) is 1. The number of nitrogens with zero attached hydrogens (tertiary/aromatic N) is 2. The van der Waals surface area contributed by atoms with E-state index in [0.717, 1.165) is 45.3 Å². The van der Waals surface area contributed by atoms with E-state index in [0.29, 0.717) is 62.0 Å². The third-order valence-corrected chi connectivity index (χ3v) is 7.94. The minimum Gasteiger partial charge on any atom is -0.493 e. The van der Waals surface area contributed by atoms with Crippen molar-refractivity contribution in [2.24, 2.45) is 17.8 Å². The Hall–Kier alpha value is -2.36. The first-order valence-electron chi connectivity index (χ1n) is 14.1. The lowest BCUT2D eigenvalue weighted by Gasteiger charge is -2.34. The van der Waals surface area contributed by atoms with E-state index in [-0.39, 0.29) is 29.7 Å². The Morgan fingerprint density at radius 3 is 2.45 bits per heavy atom. The molecule has 2 amide bonds. The lowest BCUT2D eigenvalue weighted by atomic mass is 9.93. The molecule has 9 nitrogen and oxygen atoms in total. The van der Waals surface area contributed by atoms with Crippen LogP contribution in [0, 0.1) is 17.8 Å². The molecular formula is C29H45N3O6. The van der Waals surface area contributed by atoms with E-state index in [1.165, 1.54) is 0 Å². The van der Waals surface area contributed by atoms with Crippen molar-refractivity contribution in [1.82, 2.24) is 15.1 Å². The van der Waals surface area contributed by atoms with Crippen LogP contribution >= 0.6 is 0 Å². The summed E-state index contributed by atoms with van der Waals surface area (Å²) >= 11 is 0. The van der Waals surface area contributed by atoms with E-state index >= 15 is 0 Å². The lowest BCUT2D eigenvalue weighted by Crippen LogP contribution is -2.46. The molecule has 0 aromatic heterocycles. The summed E-state index contributed by atoms with van der Waals surface area (Å²) in [4.78, 5) is 31.1. The summed E-state index contributed by atoms with van der Waals surface area (Å²) in [6.07, 6.45) is 3.76. The van der Waals surface area contributed by atoms with Gasteiger partial charge in [0.1, 0.15) is 0 Å². The Bertz CT molecular complexity index is 931. The molecule has 9 heteroatoms. The van der Waals surface area contributed by atoms with Crippen LogP contribution in [0.1, 0.15) is 49.9 Å². The zero-order valence-electron chi connectivity index (χ0n) is 23.4. The first-order valence-corrected chi connectivity index (χ1v) is 14.1. The van der Waals surface area contributed by atoms with Gasteiger partial charge in [-0.15, -0.1) is 0 Å². The summed E-state index contributed by atoms with van der Waals surface area (Å²) in [7, 11) is 3.26. The van der Waals surface area contributed by atoms with Crippen LogP contribution in [-0.4, -0.2) is 101 Å². The van der Waals surface area contributed by atoms with Crippen molar-refractivity contribution in [3.63, 3.8) is 0 Å². The van der Waals surface area contributed by atoms with Gasteiger partial charge in [0.2, 0.25) is 5.91 Å². The SMILES string of the molecule is COCCCOc1cc(C(=O)N(C[C@@H]2CNC[C@H]2CN(C(=O)C2CCOC2)C2CC2)C(C)C)ccc1OC. The topological polar surface area (TPSA) is 89.6 Å². The first-order chi connectivity index (χ1) is 18.4. The average Bonchev–Trinajstić information content (AvgIpc) is 3.41. The fourth-order valence-corrected chi connectivity index (χ4v) is 5.49. The summed E-state index contributed by atoms with van der Waals surface area (Å²) in [6.45, 7) is 9.53. The maximum absolute atomic E-state index is 13.7. The van der Waals surface area contributed by atoms with Gasteiger partial charge in [0.15, 0.2) is 11.5 Å². The summed E-state index contributed by atoms with van der Waals surface area (Å²) in [6, 6.07) is 5.79. The number of methoxy groups -OCH3 is 2. The number of carbonyl (C=O) groups excluding carboxylic acids is 2. The highest BCUT2D eigenvalue weighted by molar-refractivity contribution is 5.95. The second kappa shape index (κ2) is 13.6. The maximum atomic E-state index is 13.7. The van der Waals surface area contributed by atoms with Crippen LogP contribution in [-0.2, 0) is 14.3 Å². The van der Waals surface area contributed by atoms with Crippen LogP contribution in [0.5, 0.6) is 11.5 Å². The van der Waals surface area contributed by atoms with E-state index < -0.39 is 0 Å². The van der Waals surface area contributed by atoms with E-state index in [9.17, 15) is 9.59 Å². The van der Waals surface area contributed by atoms with Crippen molar-refractivity contribution < 1.29 is 28.5 Å². The maximum Gasteiger partial charge on any atom is 0.254 e. The number of carbonyl (C=O) groups is 2. The van der Waals surface area contributed by atoms with Crippen molar-refractivity contribution in [2.75, 3.05) is 66.8 Å². The van der Waals surface area contributed by atoms with Crippen molar-refractivity contribution in [2.45, 2.75) is 51.6 Å². The molecule has 0 radical (unpaired) electrons. The summed E-state index contributed by atoms with van der Waals surface area (Å²) in [5, 5.41) is 3.53. The highest BCUT2D eigenvalue weighted by Gasteiger charge is 2.41. The predicted octanol–water partition coefficient (Wildman–Crippen LogP) is 2.82. The third-order valence-electron chi connectivity index (χ3n) is 7.94. The molecule has 38 heavy (non-hydrogen) atoms. The lowest BCUT2D eigenvalue weighted by molar-refractivity contribution is -0.136. The third kappa shape index (κ3) is 7.18. The van der Waals surface area contributed by atoms with E-state index in [1.54, 1.807) is 32.4 Å². The second-order valence-electron chi connectivity index (χ2n) is 11.1. The van der Waals surface area contributed by atoms with Gasteiger partial charge in [-0.25, -0.2) is 0 Å². The van der Waals surface area contributed by atoms with Gasteiger partial charge in [-0.2, -0.15) is 0 Å². The molecule has 0 spiro atoms. The monoisotopic (exact) mass is 531 g/mol. The Morgan fingerprint density at radius 1 is 1.05 bits per heavy atom. The van der Waals surface area contributed by atoms with Crippen LogP contribution < -0.4 is 14.8 Å². The van der Waals surface area contributed by atoms with Crippen LogP contribution in [0.25, 0.3) is 0 Å². The standard InChI is InChI=1S/C29H45N3O6/c1-20(2)31(28(33)21-6-9-26(36-4)27(14-21)38-12-5-11-35-3)17-23-15-30-16-24(23)18-32(25-7-8-25)29(34)22-10-13-37-19-22/h6,9,14,20,22-25,30H,5,7-8,10-13,15-19H2,1-4H3/t22?,23-,24-/m0/s1. The number of ether oxygens (including phenoxy) is 4. The zero-order chi connectivity index (χ0) is 27.1. The molecular weight excluding hydrogens is 486 g/mol. The van der Waals surface area contributed by atoms with E-state index in [1.807, 2.05) is 4.90 Å². The van der Waals surface area contributed by atoms with Gasteiger partial charge in [0.05, 0.1) is 26.2 Å².